The van der Waals surface area contributed by atoms with E-state index in [9.17, 15) is 4.79 Å². The Morgan fingerprint density at radius 3 is 2.54 bits per heavy atom. The van der Waals surface area contributed by atoms with Crippen LogP contribution in [0.25, 0.3) is 0 Å². The first-order valence-corrected chi connectivity index (χ1v) is 4.98. The lowest BCUT2D eigenvalue weighted by Crippen LogP contribution is -2.20. The fraction of sp³-hybridized carbons (Fsp3) is 0.727. The van der Waals surface area contributed by atoms with Crippen LogP contribution in [0.3, 0.4) is 0 Å². The van der Waals surface area contributed by atoms with E-state index in [0.29, 0.717) is 0 Å². The van der Waals surface area contributed by atoms with E-state index in [1.807, 2.05) is 6.08 Å². The summed E-state index contributed by atoms with van der Waals surface area (Å²) >= 11 is 0. The largest absolute Gasteiger partial charge is 0.393 e. The maximum Gasteiger partial charge on any atom is 0.160 e. The number of unbranched alkanes of at least 4 members (excludes halogenated alkanes) is 2. The average Bonchev–Trinajstić information content (AvgIpc) is 2.10. The summed E-state index contributed by atoms with van der Waals surface area (Å²) in [6, 6.07) is 0. The van der Waals surface area contributed by atoms with E-state index >= 15 is 0 Å². The maximum absolute atomic E-state index is 11.3. The number of aliphatic hydroxyl groups excluding tert-OH is 1. The Balaban J connectivity index is 3.78. The summed E-state index contributed by atoms with van der Waals surface area (Å²) in [4.78, 5) is 11.3. The highest BCUT2D eigenvalue weighted by atomic mass is 16.3. The zero-order valence-electron chi connectivity index (χ0n) is 8.79. The predicted molar refractivity (Wildman–Crippen MR) is 54.5 cm³/mol. The molecule has 0 aliphatic heterocycles. The third kappa shape index (κ3) is 5.58. The Kier molecular flexibility index (Phi) is 6.51. The molecule has 76 valence electrons. The molecule has 1 N–H and O–H groups in total. The molecule has 13 heavy (non-hydrogen) atoms. The number of carbonyl (C=O) groups is 1. The van der Waals surface area contributed by atoms with Crippen molar-refractivity contribution in [2.75, 3.05) is 0 Å². The number of hydrogen-bond acceptors (Lipinski definition) is 2. The van der Waals surface area contributed by atoms with Gasteiger partial charge < -0.3 is 5.11 Å². The number of carbonyl (C=O) groups excluding carboxylic acids is 1. The van der Waals surface area contributed by atoms with Gasteiger partial charge in [0.05, 0.1) is 6.10 Å². The van der Waals surface area contributed by atoms with E-state index < -0.39 is 6.10 Å². The van der Waals surface area contributed by atoms with Crippen molar-refractivity contribution >= 4 is 5.78 Å². The van der Waals surface area contributed by atoms with E-state index in [-0.39, 0.29) is 11.7 Å². The van der Waals surface area contributed by atoms with Crippen LogP contribution in [-0.2, 0) is 4.79 Å². The second-order valence-corrected chi connectivity index (χ2v) is 3.48. The molecule has 0 aliphatic carbocycles. The Labute approximate surface area is 80.7 Å². The van der Waals surface area contributed by atoms with E-state index in [0.717, 1.165) is 19.3 Å². The van der Waals surface area contributed by atoms with Crippen molar-refractivity contribution in [3.05, 3.63) is 12.2 Å². The monoisotopic (exact) mass is 184 g/mol. The summed E-state index contributed by atoms with van der Waals surface area (Å²) in [6.45, 7) is 5.51. The number of rotatable bonds is 6. The molecule has 0 saturated carbocycles. The highest BCUT2D eigenvalue weighted by Crippen LogP contribution is 2.05. The molecule has 0 aromatic rings. The van der Waals surface area contributed by atoms with Crippen LogP contribution in [0.15, 0.2) is 12.2 Å². The highest BCUT2D eigenvalue weighted by molar-refractivity contribution is 5.91. The molecule has 0 aromatic carbocycles. The van der Waals surface area contributed by atoms with Gasteiger partial charge >= 0.3 is 0 Å². The second-order valence-electron chi connectivity index (χ2n) is 3.48. The lowest BCUT2D eigenvalue weighted by atomic mass is 10.0. The molecule has 0 radical (unpaired) electrons. The minimum atomic E-state index is -0.552. The van der Waals surface area contributed by atoms with Gasteiger partial charge in [0, 0.05) is 5.92 Å². The standard InChI is InChI=1S/C11H20O2/c1-4-5-6-7-8-11(13)9(2)10(3)12/h7-10,12H,4-6H2,1-3H3/b8-7+. The fourth-order valence-electron chi connectivity index (χ4n) is 0.911. The van der Waals surface area contributed by atoms with Crippen LogP contribution in [0.2, 0.25) is 0 Å². The molecular weight excluding hydrogens is 164 g/mol. The SMILES string of the molecule is CCCC/C=C/C(=O)C(C)C(C)O. The van der Waals surface area contributed by atoms with Crippen LogP contribution < -0.4 is 0 Å². The molecule has 0 saturated heterocycles. The van der Waals surface area contributed by atoms with Crippen molar-refractivity contribution < 1.29 is 9.90 Å². The van der Waals surface area contributed by atoms with Gasteiger partial charge in [0.2, 0.25) is 0 Å². The van der Waals surface area contributed by atoms with Gasteiger partial charge in [-0.1, -0.05) is 32.8 Å². The van der Waals surface area contributed by atoms with Crippen LogP contribution in [-0.4, -0.2) is 17.0 Å². The molecule has 2 nitrogen and oxygen atoms in total. The van der Waals surface area contributed by atoms with Gasteiger partial charge in [0.25, 0.3) is 0 Å². The Morgan fingerprint density at radius 1 is 1.46 bits per heavy atom. The first kappa shape index (κ1) is 12.4. The molecule has 2 heteroatoms. The molecule has 0 heterocycles. The van der Waals surface area contributed by atoms with Crippen molar-refractivity contribution in [1.29, 1.82) is 0 Å². The van der Waals surface area contributed by atoms with Crippen LogP contribution in [0.5, 0.6) is 0 Å². The first-order valence-electron chi connectivity index (χ1n) is 4.98. The Hall–Kier alpha value is -0.630. The first-order chi connectivity index (χ1) is 6.09. The zero-order valence-corrected chi connectivity index (χ0v) is 8.79. The quantitative estimate of drug-likeness (QED) is 0.508. The van der Waals surface area contributed by atoms with Crippen molar-refractivity contribution in [1.82, 2.24) is 0 Å². The lowest BCUT2D eigenvalue weighted by Gasteiger charge is -2.09. The number of allylic oxidation sites excluding steroid dienone is 2. The highest BCUT2D eigenvalue weighted by Gasteiger charge is 2.14. The van der Waals surface area contributed by atoms with Gasteiger partial charge in [-0.3, -0.25) is 4.79 Å². The van der Waals surface area contributed by atoms with Crippen LogP contribution in [0.4, 0.5) is 0 Å². The summed E-state index contributed by atoms with van der Waals surface area (Å²) in [5.74, 6) is -0.260. The van der Waals surface area contributed by atoms with Gasteiger partial charge in [0.1, 0.15) is 0 Å². The van der Waals surface area contributed by atoms with Crippen molar-refractivity contribution in [3.63, 3.8) is 0 Å². The van der Waals surface area contributed by atoms with E-state index in [1.54, 1.807) is 19.9 Å². The third-order valence-corrected chi connectivity index (χ3v) is 2.18. The third-order valence-electron chi connectivity index (χ3n) is 2.18. The number of aliphatic hydroxyl groups is 1. The Bertz CT molecular complexity index is 171. The fourth-order valence-corrected chi connectivity index (χ4v) is 0.911. The van der Waals surface area contributed by atoms with Crippen LogP contribution in [0, 0.1) is 5.92 Å². The smallest absolute Gasteiger partial charge is 0.160 e. The lowest BCUT2D eigenvalue weighted by molar-refractivity contribution is -0.120. The van der Waals surface area contributed by atoms with E-state index in [4.69, 9.17) is 5.11 Å². The second kappa shape index (κ2) is 6.84. The summed E-state index contributed by atoms with van der Waals surface area (Å²) in [5.41, 5.74) is 0. The molecule has 2 atom stereocenters. The molecular formula is C11H20O2. The van der Waals surface area contributed by atoms with Crippen molar-refractivity contribution in [2.24, 2.45) is 5.92 Å². The Morgan fingerprint density at radius 2 is 2.08 bits per heavy atom. The summed E-state index contributed by atoms with van der Waals surface area (Å²) < 4.78 is 0. The van der Waals surface area contributed by atoms with Crippen LogP contribution >= 0.6 is 0 Å². The molecule has 0 spiro atoms. The maximum atomic E-state index is 11.3. The van der Waals surface area contributed by atoms with Gasteiger partial charge in [-0.2, -0.15) is 0 Å². The molecule has 2 unspecified atom stereocenters. The van der Waals surface area contributed by atoms with E-state index in [1.165, 1.54) is 0 Å². The minimum absolute atomic E-state index is 0.0195. The van der Waals surface area contributed by atoms with Gasteiger partial charge in [-0.15, -0.1) is 0 Å². The van der Waals surface area contributed by atoms with Gasteiger partial charge in [-0.25, -0.2) is 0 Å². The van der Waals surface area contributed by atoms with Gasteiger partial charge in [-0.05, 0) is 19.4 Å². The molecule has 0 bridgehead atoms. The van der Waals surface area contributed by atoms with Crippen LogP contribution in [0.1, 0.15) is 40.0 Å². The number of ketones is 1. The molecule has 0 aliphatic rings. The average molecular weight is 184 g/mol. The summed E-state index contributed by atoms with van der Waals surface area (Å²) in [6.07, 6.45) is 6.15. The molecule has 0 amide bonds. The normalized spacial score (nSPS) is 16.0. The minimum Gasteiger partial charge on any atom is -0.393 e. The number of hydrogen-bond donors (Lipinski definition) is 1. The zero-order chi connectivity index (χ0) is 10.3. The molecule has 0 fully saturated rings. The predicted octanol–water partition coefficient (Wildman–Crippen LogP) is 2.32. The van der Waals surface area contributed by atoms with Gasteiger partial charge in [0.15, 0.2) is 5.78 Å². The summed E-state index contributed by atoms with van der Waals surface area (Å²) in [5, 5.41) is 9.14. The van der Waals surface area contributed by atoms with E-state index in [2.05, 4.69) is 6.92 Å². The molecule has 0 aromatic heterocycles. The topological polar surface area (TPSA) is 37.3 Å². The molecule has 0 rings (SSSR count). The summed E-state index contributed by atoms with van der Waals surface area (Å²) in [7, 11) is 0. The van der Waals surface area contributed by atoms with Crippen molar-refractivity contribution in [2.45, 2.75) is 46.1 Å². The van der Waals surface area contributed by atoms with Crippen molar-refractivity contribution in [3.8, 4) is 0 Å².